The summed E-state index contributed by atoms with van der Waals surface area (Å²) in [5, 5.41) is 3.58. The molecule has 1 saturated heterocycles. The average molecular weight is 413 g/mol. The molecule has 5 nitrogen and oxygen atoms in total. The van der Waals surface area contributed by atoms with Crippen molar-refractivity contribution in [2.45, 2.75) is 52.1 Å². The highest BCUT2D eigenvalue weighted by atomic mass is 16.5. The number of anilines is 1. The van der Waals surface area contributed by atoms with Crippen molar-refractivity contribution in [2.75, 3.05) is 38.3 Å². The summed E-state index contributed by atoms with van der Waals surface area (Å²) in [7, 11) is 1.67. The normalized spacial score (nSPS) is 14.6. The molecular formula is C25H36N2O3. The maximum atomic E-state index is 6.34. The zero-order chi connectivity index (χ0) is 21.2. The molecule has 0 amide bonds. The minimum atomic E-state index is 0.415. The molecule has 0 atom stereocenters. The van der Waals surface area contributed by atoms with Crippen LogP contribution in [0.25, 0.3) is 0 Å². The number of methoxy groups -OCH3 is 1. The SMILES string of the molecule is COCCOc1ccc(Oc2cccc(N3CCCCCC3)c2CNC(C)C)cc1. The summed E-state index contributed by atoms with van der Waals surface area (Å²) in [6.07, 6.45) is 5.16. The van der Waals surface area contributed by atoms with E-state index >= 15 is 0 Å². The molecule has 1 aliphatic rings. The Balaban J connectivity index is 1.79. The Morgan fingerprint density at radius 3 is 2.27 bits per heavy atom. The molecule has 1 heterocycles. The highest BCUT2D eigenvalue weighted by molar-refractivity contribution is 5.60. The van der Waals surface area contributed by atoms with Gasteiger partial charge >= 0.3 is 0 Å². The van der Waals surface area contributed by atoms with Crippen LogP contribution in [0.3, 0.4) is 0 Å². The Kier molecular flexibility index (Phi) is 8.84. The predicted molar refractivity (Wildman–Crippen MR) is 123 cm³/mol. The van der Waals surface area contributed by atoms with Crippen LogP contribution in [0.15, 0.2) is 42.5 Å². The second-order valence-corrected chi connectivity index (χ2v) is 8.11. The number of rotatable bonds is 10. The van der Waals surface area contributed by atoms with Gasteiger partial charge in [-0.05, 0) is 49.2 Å². The third kappa shape index (κ3) is 6.64. The van der Waals surface area contributed by atoms with Crippen LogP contribution in [-0.2, 0) is 11.3 Å². The van der Waals surface area contributed by atoms with E-state index in [9.17, 15) is 0 Å². The first kappa shape index (κ1) is 22.4. The van der Waals surface area contributed by atoms with Gasteiger partial charge in [0.1, 0.15) is 23.9 Å². The summed E-state index contributed by atoms with van der Waals surface area (Å²) in [6.45, 7) is 8.50. The smallest absolute Gasteiger partial charge is 0.133 e. The molecule has 0 saturated carbocycles. The van der Waals surface area contributed by atoms with Gasteiger partial charge in [-0.3, -0.25) is 0 Å². The van der Waals surface area contributed by atoms with E-state index in [1.165, 1.54) is 36.9 Å². The summed E-state index contributed by atoms with van der Waals surface area (Å²) in [5.41, 5.74) is 2.52. The molecule has 30 heavy (non-hydrogen) atoms. The summed E-state index contributed by atoms with van der Waals surface area (Å²) >= 11 is 0. The Morgan fingerprint density at radius 2 is 1.60 bits per heavy atom. The van der Waals surface area contributed by atoms with Crippen LogP contribution in [0.2, 0.25) is 0 Å². The first-order valence-corrected chi connectivity index (χ1v) is 11.2. The number of nitrogens with zero attached hydrogens (tertiary/aromatic N) is 1. The van der Waals surface area contributed by atoms with Crippen LogP contribution < -0.4 is 19.7 Å². The standard InChI is InChI=1S/C25H36N2O3/c1-20(2)26-19-23-24(27-15-6-4-5-7-16-27)9-8-10-25(23)30-22-13-11-21(12-14-22)29-18-17-28-3/h8-14,20,26H,4-7,15-19H2,1-3H3. The van der Waals surface area contributed by atoms with Gasteiger partial charge < -0.3 is 24.4 Å². The minimum Gasteiger partial charge on any atom is -0.491 e. The van der Waals surface area contributed by atoms with Crippen LogP contribution >= 0.6 is 0 Å². The summed E-state index contributed by atoms with van der Waals surface area (Å²) in [5.74, 6) is 2.55. The first-order valence-electron chi connectivity index (χ1n) is 11.2. The van der Waals surface area contributed by atoms with Crippen LogP contribution in [0.4, 0.5) is 5.69 Å². The zero-order valence-corrected chi connectivity index (χ0v) is 18.7. The third-order valence-corrected chi connectivity index (χ3v) is 5.35. The van der Waals surface area contributed by atoms with Gasteiger partial charge in [0.05, 0.1) is 6.61 Å². The number of hydrogen-bond donors (Lipinski definition) is 1. The van der Waals surface area contributed by atoms with Crippen molar-refractivity contribution in [1.82, 2.24) is 5.32 Å². The molecule has 0 aromatic heterocycles. The monoisotopic (exact) mass is 412 g/mol. The topological polar surface area (TPSA) is 43.0 Å². The first-order chi connectivity index (χ1) is 14.7. The van der Waals surface area contributed by atoms with E-state index in [-0.39, 0.29) is 0 Å². The fraction of sp³-hybridized carbons (Fsp3) is 0.520. The molecule has 164 valence electrons. The van der Waals surface area contributed by atoms with Crippen molar-refractivity contribution < 1.29 is 14.2 Å². The van der Waals surface area contributed by atoms with Gasteiger partial charge in [-0.25, -0.2) is 0 Å². The van der Waals surface area contributed by atoms with Gasteiger partial charge in [-0.1, -0.05) is 32.8 Å². The fourth-order valence-corrected chi connectivity index (χ4v) is 3.72. The van der Waals surface area contributed by atoms with Gasteiger partial charge in [-0.2, -0.15) is 0 Å². The molecule has 0 aliphatic carbocycles. The van der Waals surface area contributed by atoms with E-state index in [0.717, 1.165) is 36.9 Å². The molecule has 0 spiro atoms. The Hall–Kier alpha value is -2.24. The molecule has 0 radical (unpaired) electrons. The summed E-state index contributed by atoms with van der Waals surface area (Å²) in [4.78, 5) is 2.53. The summed E-state index contributed by atoms with van der Waals surface area (Å²) < 4.78 is 17.0. The Morgan fingerprint density at radius 1 is 0.900 bits per heavy atom. The van der Waals surface area contributed by atoms with Gasteiger partial charge in [-0.15, -0.1) is 0 Å². The second-order valence-electron chi connectivity index (χ2n) is 8.11. The van der Waals surface area contributed by atoms with Gasteiger partial charge in [0.15, 0.2) is 0 Å². The highest BCUT2D eigenvalue weighted by Crippen LogP contribution is 2.34. The maximum absolute atomic E-state index is 6.34. The lowest BCUT2D eigenvalue weighted by Gasteiger charge is -2.27. The number of hydrogen-bond acceptors (Lipinski definition) is 5. The molecule has 1 fully saturated rings. The van der Waals surface area contributed by atoms with Crippen molar-refractivity contribution in [3.8, 4) is 17.2 Å². The molecule has 2 aromatic rings. The lowest BCUT2D eigenvalue weighted by atomic mass is 10.1. The van der Waals surface area contributed by atoms with E-state index in [2.05, 4.69) is 42.3 Å². The van der Waals surface area contributed by atoms with Gasteiger partial charge in [0, 0.05) is 44.0 Å². The molecule has 1 N–H and O–H groups in total. The average Bonchev–Trinajstić information content (AvgIpc) is 3.03. The van der Waals surface area contributed by atoms with E-state index in [1.54, 1.807) is 7.11 Å². The Labute approximate surface area is 181 Å². The molecular weight excluding hydrogens is 376 g/mol. The number of nitrogens with one attached hydrogen (secondary N) is 1. The lowest BCUT2D eigenvalue weighted by molar-refractivity contribution is 0.146. The van der Waals surface area contributed by atoms with Gasteiger partial charge in [0.25, 0.3) is 0 Å². The van der Waals surface area contributed by atoms with Gasteiger partial charge in [0.2, 0.25) is 0 Å². The third-order valence-electron chi connectivity index (χ3n) is 5.35. The molecule has 0 unspecified atom stereocenters. The molecule has 3 rings (SSSR count). The maximum Gasteiger partial charge on any atom is 0.133 e. The van der Waals surface area contributed by atoms with Crippen LogP contribution in [0.5, 0.6) is 17.2 Å². The minimum absolute atomic E-state index is 0.415. The molecule has 1 aliphatic heterocycles. The highest BCUT2D eigenvalue weighted by Gasteiger charge is 2.17. The van der Waals surface area contributed by atoms with E-state index in [4.69, 9.17) is 14.2 Å². The zero-order valence-electron chi connectivity index (χ0n) is 18.7. The van der Waals surface area contributed by atoms with E-state index < -0.39 is 0 Å². The predicted octanol–water partition coefficient (Wildman–Crippen LogP) is 5.38. The van der Waals surface area contributed by atoms with Crippen molar-refractivity contribution in [1.29, 1.82) is 0 Å². The van der Waals surface area contributed by atoms with Crippen LogP contribution in [0.1, 0.15) is 45.1 Å². The van der Waals surface area contributed by atoms with Crippen LogP contribution in [-0.4, -0.2) is 39.5 Å². The van der Waals surface area contributed by atoms with Crippen molar-refractivity contribution >= 4 is 5.69 Å². The number of ether oxygens (including phenoxy) is 3. The number of benzene rings is 2. The Bertz CT molecular complexity index is 753. The molecule has 0 bridgehead atoms. The van der Waals surface area contributed by atoms with Crippen molar-refractivity contribution in [2.24, 2.45) is 0 Å². The molecule has 2 aromatic carbocycles. The van der Waals surface area contributed by atoms with Crippen LogP contribution in [0, 0.1) is 0 Å². The fourth-order valence-electron chi connectivity index (χ4n) is 3.72. The summed E-state index contributed by atoms with van der Waals surface area (Å²) in [6, 6.07) is 14.6. The largest absolute Gasteiger partial charge is 0.491 e. The van der Waals surface area contributed by atoms with Crippen molar-refractivity contribution in [3.63, 3.8) is 0 Å². The quantitative estimate of drug-likeness (QED) is 0.531. The lowest BCUT2D eigenvalue weighted by Crippen LogP contribution is -2.28. The van der Waals surface area contributed by atoms with Crippen molar-refractivity contribution in [3.05, 3.63) is 48.0 Å². The second kappa shape index (κ2) is 11.8. The molecule has 5 heteroatoms. The van der Waals surface area contributed by atoms with E-state index in [1.807, 2.05) is 24.3 Å². The van der Waals surface area contributed by atoms with E-state index in [0.29, 0.717) is 19.3 Å².